The molecule has 1 heterocycles. The quantitative estimate of drug-likeness (QED) is 0.868. The number of benzene rings is 1. The highest BCUT2D eigenvalue weighted by molar-refractivity contribution is 5.41. The van der Waals surface area contributed by atoms with Crippen molar-refractivity contribution in [3.05, 3.63) is 34.4 Å². The molecule has 1 aromatic carbocycles. The van der Waals surface area contributed by atoms with Crippen LogP contribution in [-0.4, -0.2) is 18.8 Å². The lowest BCUT2D eigenvalue weighted by Gasteiger charge is -2.36. The van der Waals surface area contributed by atoms with Gasteiger partial charge in [0.15, 0.2) is 0 Å². The van der Waals surface area contributed by atoms with E-state index >= 15 is 0 Å². The van der Waals surface area contributed by atoms with E-state index in [1.807, 2.05) is 0 Å². The molecule has 1 aromatic rings. The Morgan fingerprint density at radius 2 is 1.90 bits per heavy atom. The average Bonchev–Trinajstić information content (AvgIpc) is 2.80. The van der Waals surface area contributed by atoms with Crippen molar-refractivity contribution in [3.8, 4) is 0 Å². The number of hydrogen-bond acceptors (Lipinski definition) is 2. The van der Waals surface area contributed by atoms with E-state index in [9.17, 15) is 0 Å². The van der Waals surface area contributed by atoms with Crippen LogP contribution in [0.5, 0.6) is 0 Å². The third-order valence-corrected chi connectivity index (χ3v) is 4.49. The SMILES string of the molecule is CCCNC(c1c(C)cc(C)cc1C)C1(C)CCCO1. The summed E-state index contributed by atoms with van der Waals surface area (Å²) in [5.41, 5.74) is 5.48. The molecule has 1 fully saturated rings. The Labute approximate surface area is 123 Å². The zero-order valence-electron chi connectivity index (χ0n) is 13.7. The van der Waals surface area contributed by atoms with Crippen LogP contribution >= 0.6 is 0 Å². The number of ether oxygens (including phenoxy) is 1. The van der Waals surface area contributed by atoms with Crippen LogP contribution in [0.2, 0.25) is 0 Å². The molecule has 2 heteroatoms. The van der Waals surface area contributed by atoms with Crippen molar-refractivity contribution in [2.45, 2.75) is 65.5 Å². The molecule has 1 N–H and O–H groups in total. The summed E-state index contributed by atoms with van der Waals surface area (Å²) in [4.78, 5) is 0. The molecule has 1 aliphatic heterocycles. The van der Waals surface area contributed by atoms with Gasteiger partial charge < -0.3 is 10.1 Å². The minimum absolute atomic E-state index is 0.0695. The summed E-state index contributed by atoms with van der Waals surface area (Å²) in [6.07, 6.45) is 3.46. The summed E-state index contributed by atoms with van der Waals surface area (Å²) in [6.45, 7) is 13.1. The summed E-state index contributed by atoms with van der Waals surface area (Å²) in [5, 5.41) is 3.74. The number of hydrogen-bond donors (Lipinski definition) is 1. The molecule has 1 saturated heterocycles. The lowest BCUT2D eigenvalue weighted by atomic mass is 9.83. The van der Waals surface area contributed by atoms with E-state index in [1.54, 1.807) is 0 Å². The van der Waals surface area contributed by atoms with Gasteiger partial charge in [0.25, 0.3) is 0 Å². The van der Waals surface area contributed by atoms with Gasteiger partial charge in [-0.2, -0.15) is 0 Å². The molecule has 0 saturated carbocycles. The second-order valence-corrected chi connectivity index (χ2v) is 6.46. The van der Waals surface area contributed by atoms with E-state index in [2.05, 4.69) is 52.1 Å². The van der Waals surface area contributed by atoms with Gasteiger partial charge in [0.05, 0.1) is 11.6 Å². The van der Waals surface area contributed by atoms with Crippen molar-refractivity contribution >= 4 is 0 Å². The van der Waals surface area contributed by atoms with Crippen LogP contribution in [0.4, 0.5) is 0 Å². The minimum atomic E-state index is -0.0695. The van der Waals surface area contributed by atoms with E-state index in [1.165, 1.54) is 28.7 Å². The van der Waals surface area contributed by atoms with E-state index in [0.717, 1.165) is 26.0 Å². The second-order valence-electron chi connectivity index (χ2n) is 6.46. The number of rotatable bonds is 5. The maximum absolute atomic E-state index is 6.13. The van der Waals surface area contributed by atoms with Crippen LogP contribution < -0.4 is 5.32 Å². The summed E-state index contributed by atoms with van der Waals surface area (Å²) >= 11 is 0. The van der Waals surface area contributed by atoms with Crippen LogP contribution in [0.3, 0.4) is 0 Å². The molecule has 0 aliphatic carbocycles. The predicted molar refractivity (Wildman–Crippen MR) is 85.3 cm³/mol. The summed E-state index contributed by atoms with van der Waals surface area (Å²) in [7, 11) is 0. The molecule has 20 heavy (non-hydrogen) atoms. The average molecular weight is 275 g/mol. The number of nitrogens with one attached hydrogen (secondary N) is 1. The highest BCUT2D eigenvalue weighted by Gasteiger charge is 2.40. The van der Waals surface area contributed by atoms with Crippen molar-refractivity contribution in [2.75, 3.05) is 13.2 Å². The molecule has 2 unspecified atom stereocenters. The maximum Gasteiger partial charge on any atom is 0.0849 e. The predicted octanol–water partition coefficient (Wildman–Crippen LogP) is 4.22. The Kier molecular flexibility index (Phi) is 4.87. The highest BCUT2D eigenvalue weighted by Crippen LogP contribution is 2.40. The molecule has 0 spiro atoms. The van der Waals surface area contributed by atoms with Crippen molar-refractivity contribution in [2.24, 2.45) is 0 Å². The van der Waals surface area contributed by atoms with E-state index in [-0.39, 0.29) is 5.60 Å². The van der Waals surface area contributed by atoms with Gasteiger partial charge in [-0.05, 0) is 70.2 Å². The fourth-order valence-electron chi connectivity index (χ4n) is 3.59. The largest absolute Gasteiger partial charge is 0.373 e. The van der Waals surface area contributed by atoms with Gasteiger partial charge in [-0.3, -0.25) is 0 Å². The Morgan fingerprint density at radius 1 is 1.25 bits per heavy atom. The van der Waals surface area contributed by atoms with Crippen LogP contribution in [0.25, 0.3) is 0 Å². The van der Waals surface area contributed by atoms with Gasteiger partial charge in [-0.15, -0.1) is 0 Å². The van der Waals surface area contributed by atoms with Gasteiger partial charge in [0, 0.05) is 6.61 Å². The van der Waals surface area contributed by atoms with Crippen molar-refractivity contribution in [1.82, 2.24) is 5.32 Å². The smallest absolute Gasteiger partial charge is 0.0849 e. The Hall–Kier alpha value is -0.860. The summed E-state index contributed by atoms with van der Waals surface area (Å²) in [5.74, 6) is 0. The van der Waals surface area contributed by atoms with E-state index < -0.39 is 0 Å². The normalized spacial score (nSPS) is 24.1. The van der Waals surface area contributed by atoms with E-state index in [0.29, 0.717) is 6.04 Å². The highest BCUT2D eigenvalue weighted by atomic mass is 16.5. The molecule has 112 valence electrons. The molecular formula is C18H29NO. The van der Waals surface area contributed by atoms with Crippen molar-refractivity contribution < 1.29 is 4.74 Å². The first-order valence-electron chi connectivity index (χ1n) is 7.93. The van der Waals surface area contributed by atoms with Gasteiger partial charge in [-0.1, -0.05) is 24.6 Å². The van der Waals surface area contributed by atoms with Crippen LogP contribution in [0.1, 0.15) is 61.4 Å². The third-order valence-electron chi connectivity index (χ3n) is 4.49. The van der Waals surface area contributed by atoms with E-state index in [4.69, 9.17) is 4.74 Å². The first-order valence-corrected chi connectivity index (χ1v) is 7.93. The lowest BCUT2D eigenvalue weighted by molar-refractivity contribution is -0.0128. The van der Waals surface area contributed by atoms with Crippen LogP contribution in [0, 0.1) is 20.8 Å². The standard InChI is InChI=1S/C18H29NO/c1-6-9-19-17(18(5)8-7-10-20-18)16-14(3)11-13(2)12-15(16)4/h11-12,17,19H,6-10H2,1-5H3. The van der Waals surface area contributed by atoms with Gasteiger partial charge in [0.1, 0.15) is 0 Å². The first-order chi connectivity index (χ1) is 9.48. The molecule has 0 radical (unpaired) electrons. The topological polar surface area (TPSA) is 21.3 Å². The van der Waals surface area contributed by atoms with Crippen LogP contribution in [-0.2, 0) is 4.74 Å². The Balaban J connectivity index is 2.41. The fraction of sp³-hybridized carbons (Fsp3) is 0.667. The van der Waals surface area contributed by atoms with Gasteiger partial charge in [-0.25, -0.2) is 0 Å². The number of aryl methyl sites for hydroxylation is 3. The molecule has 0 amide bonds. The van der Waals surface area contributed by atoms with Crippen molar-refractivity contribution in [3.63, 3.8) is 0 Å². The lowest BCUT2D eigenvalue weighted by Crippen LogP contribution is -2.42. The Bertz CT molecular complexity index is 437. The zero-order chi connectivity index (χ0) is 14.8. The third kappa shape index (κ3) is 3.07. The summed E-state index contributed by atoms with van der Waals surface area (Å²) < 4.78 is 6.13. The zero-order valence-corrected chi connectivity index (χ0v) is 13.7. The molecule has 2 nitrogen and oxygen atoms in total. The molecule has 1 aliphatic rings. The molecular weight excluding hydrogens is 246 g/mol. The monoisotopic (exact) mass is 275 g/mol. The second kappa shape index (κ2) is 6.28. The molecule has 2 atom stereocenters. The fourth-order valence-corrected chi connectivity index (χ4v) is 3.59. The molecule has 0 aromatic heterocycles. The first kappa shape index (κ1) is 15.5. The van der Waals surface area contributed by atoms with Crippen LogP contribution in [0.15, 0.2) is 12.1 Å². The van der Waals surface area contributed by atoms with Gasteiger partial charge >= 0.3 is 0 Å². The maximum atomic E-state index is 6.13. The Morgan fingerprint density at radius 3 is 2.40 bits per heavy atom. The minimum Gasteiger partial charge on any atom is -0.373 e. The molecule has 2 rings (SSSR count). The van der Waals surface area contributed by atoms with Gasteiger partial charge in [0.2, 0.25) is 0 Å². The summed E-state index contributed by atoms with van der Waals surface area (Å²) in [6, 6.07) is 4.88. The molecule has 0 bridgehead atoms. The van der Waals surface area contributed by atoms with Crippen molar-refractivity contribution in [1.29, 1.82) is 0 Å².